The van der Waals surface area contributed by atoms with Crippen molar-refractivity contribution in [2.45, 2.75) is 13.8 Å². The highest BCUT2D eigenvalue weighted by Gasteiger charge is 2.29. The molecule has 2 aromatic carbocycles. The number of hydrogen-bond acceptors (Lipinski definition) is 5. The van der Waals surface area contributed by atoms with E-state index in [1.807, 2.05) is 6.92 Å². The summed E-state index contributed by atoms with van der Waals surface area (Å²) in [5.41, 5.74) is 14.6. The van der Waals surface area contributed by atoms with E-state index in [0.29, 0.717) is 67.8 Å². The molecule has 0 fully saturated rings. The fourth-order valence-corrected chi connectivity index (χ4v) is 4.78. The van der Waals surface area contributed by atoms with Gasteiger partial charge < -0.3 is 30.1 Å². The molecule has 2 aliphatic rings. The Balaban J connectivity index is 0.000000169. The van der Waals surface area contributed by atoms with Crippen molar-refractivity contribution in [3.63, 3.8) is 0 Å². The van der Waals surface area contributed by atoms with E-state index in [2.05, 4.69) is 30.6 Å². The molecule has 0 atom stereocenters. The van der Waals surface area contributed by atoms with E-state index in [1.165, 1.54) is 0 Å². The summed E-state index contributed by atoms with van der Waals surface area (Å²) in [6.45, 7) is 3.51. The van der Waals surface area contributed by atoms with Crippen LogP contribution >= 0.6 is 0 Å². The Morgan fingerprint density at radius 2 is 1.29 bits per heavy atom. The maximum absolute atomic E-state index is 14.3. The van der Waals surface area contributed by atoms with E-state index in [9.17, 15) is 14.0 Å². The second kappa shape index (κ2) is 11.4. The van der Waals surface area contributed by atoms with Crippen molar-refractivity contribution in [3.05, 3.63) is 98.7 Å². The molecule has 0 radical (unpaired) electrons. The zero-order valence-electron chi connectivity index (χ0n) is 23.1. The molecule has 0 aliphatic carbocycles. The molecule has 11 nitrogen and oxygen atoms in total. The minimum Gasteiger partial charge on any atom is -0.495 e. The monoisotopic (exact) mass is 567 g/mol. The number of halogens is 1. The SMILES string of the molecule is COc1cc[nH]c1/C=C1\C(=O)Nc2ccc(C)c(F)c21.COc1cc[nH]c1/C=C1\C(=O)Nc2ccc(C)c(N=[N+]=[N-])c21. The zero-order valence-corrected chi connectivity index (χ0v) is 23.1. The number of carbonyl (C=O) groups excluding carboxylic acids is 2. The third-order valence-corrected chi connectivity index (χ3v) is 6.88. The summed E-state index contributed by atoms with van der Waals surface area (Å²) < 4.78 is 24.7. The van der Waals surface area contributed by atoms with Crippen molar-refractivity contribution in [3.8, 4) is 11.5 Å². The van der Waals surface area contributed by atoms with Crippen LogP contribution in [-0.4, -0.2) is 36.0 Å². The number of aromatic nitrogens is 2. The molecule has 0 bridgehead atoms. The normalized spacial score (nSPS) is 14.9. The molecule has 212 valence electrons. The summed E-state index contributed by atoms with van der Waals surface area (Å²) >= 11 is 0. The summed E-state index contributed by atoms with van der Waals surface area (Å²) in [7, 11) is 3.10. The fraction of sp³-hybridized carbons (Fsp3) is 0.133. The van der Waals surface area contributed by atoms with Crippen LogP contribution < -0.4 is 20.1 Å². The Bertz CT molecular complexity index is 1840. The van der Waals surface area contributed by atoms with Crippen molar-refractivity contribution in [2.75, 3.05) is 24.9 Å². The van der Waals surface area contributed by atoms with Crippen molar-refractivity contribution in [2.24, 2.45) is 5.11 Å². The fourth-order valence-electron chi connectivity index (χ4n) is 4.78. The Kier molecular flexibility index (Phi) is 7.55. The number of amides is 2. The average Bonchev–Trinajstić information content (AvgIpc) is 3.76. The number of benzene rings is 2. The number of nitrogens with one attached hydrogen (secondary N) is 4. The Morgan fingerprint density at radius 1 is 0.786 bits per heavy atom. The van der Waals surface area contributed by atoms with Crippen molar-refractivity contribution in [1.29, 1.82) is 0 Å². The smallest absolute Gasteiger partial charge is 0.256 e. The van der Waals surface area contributed by atoms with Gasteiger partial charge in [-0.3, -0.25) is 9.59 Å². The number of anilines is 2. The molecule has 4 aromatic rings. The highest BCUT2D eigenvalue weighted by Crippen LogP contribution is 2.42. The third kappa shape index (κ3) is 4.98. The molecule has 12 heteroatoms. The molecule has 2 aromatic heterocycles. The first-order valence-corrected chi connectivity index (χ1v) is 12.7. The van der Waals surface area contributed by atoms with Crippen LogP contribution in [0.3, 0.4) is 0 Å². The molecule has 0 unspecified atom stereocenters. The second-order valence-electron chi connectivity index (χ2n) is 9.41. The molecule has 2 amide bonds. The van der Waals surface area contributed by atoms with Crippen LogP contribution in [0.2, 0.25) is 0 Å². The van der Waals surface area contributed by atoms with E-state index < -0.39 is 0 Å². The molecule has 0 saturated carbocycles. The minimum atomic E-state index is -0.377. The lowest BCUT2D eigenvalue weighted by Gasteiger charge is -2.06. The summed E-state index contributed by atoms with van der Waals surface area (Å²) in [6, 6.07) is 10.5. The lowest BCUT2D eigenvalue weighted by molar-refractivity contribution is -0.111. The minimum absolute atomic E-state index is 0.244. The van der Waals surface area contributed by atoms with E-state index in [0.717, 1.165) is 5.56 Å². The van der Waals surface area contributed by atoms with Gasteiger partial charge in [-0.05, 0) is 66.9 Å². The van der Waals surface area contributed by atoms with Crippen molar-refractivity contribution in [1.82, 2.24) is 9.97 Å². The molecule has 0 saturated heterocycles. The number of nitrogens with zero attached hydrogens (tertiary/aromatic N) is 3. The van der Waals surface area contributed by atoms with Crippen LogP contribution in [0.4, 0.5) is 21.5 Å². The van der Waals surface area contributed by atoms with Gasteiger partial charge in [-0.1, -0.05) is 17.2 Å². The summed E-state index contributed by atoms with van der Waals surface area (Å²) in [4.78, 5) is 33.1. The number of carbonyl (C=O) groups is 2. The summed E-state index contributed by atoms with van der Waals surface area (Å²) in [5.74, 6) is 0.295. The first-order valence-electron chi connectivity index (χ1n) is 12.7. The van der Waals surface area contributed by atoms with E-state index in [-0.39, 0.29) is 17.6 Å². The van der Waals surface area contributed by atoms with Crippen LogP contribution in [-0.2, 0) is 9.59 Å². The quantitative estimate of drug-likeness (QED) is 0.0912. The van der Waals surface area contributed by atoms with Gasteiger partial charge in [-0.15, -0.1) is 0 Å². The van der Waals surface area contributed by atoms with Crippen molar-refractivity contribution < 1.29 is 23.5 Å². The van der Waals surface area contributed by atoms with Crippen LogP contribution in [0, 0.1) is 19.7 Å². The molecule has 2 aliphatic heterocycles. The lowest BCUT2D eigenvalue weighted by Crippen LogP contribution is -2.03. The number of rotatable bonds is 5. The Labute approximate surface area is 239 Å². The number of H-pyrrole nitrogens is 2. The van der Waals surface area contributed by atoms with Crippen molar-refractivity contribution >= 4 is 52.2 Å². The first kappa shape index (κ1) is 27.8. The Hall–Kier alpha value is -5.74. The van der Waals surface area contributed by atoms with Gasteiger partial charge in [0.2, 0.25) is 0 Å². The van der Waals surface area contributed by atoms with Gasteiger partial charge in [0, 0.05) is 34.1 Å². The van der Waals surface area contributed by atoms with Crippen LogP contribution in [0.5, 0.6) is 11.5 Å². The van der Waals surface area contributed by atoms with Crippen LogP contribution in [0.1, 0.15) is 33.6 Å². The highest BCUT2D eigenvalue weighted by molar-refractivity contribution is 6.36. The maximum atomic E-state index is 14.3. The van der Waals surface area contributed by atoms with Gasteiger partial charge in [0.1, 0.15) is 17.3 Å². The Morgan fingerprint density at radius 3 is 1.81 bits per heavy atom. The van der Waals surface area contributed by atoms with Gasteiger partial charge in [0.05, 0.1) is 48.1 Å². The standard InChI is InChI=1S/C15H13FN2O2.C15H13N5O2/c1-8-3-4-10-13(14(8)16)9(15(19)18-10)7-11-12(20-2)5-6-17-11;1-8-3-4-10-13(14(8)19-20-16)9(15(21)18-10)7-11-12(22-2)5-6-17-11/h3-7,17H,1-2H3,(H,18,19);3-7,17H,1-2H3,(H,18,21)/b2*9-7-. The predicted molar refractivity (Wildman–Crippen MR) is 159 cm³/mol. The largest absolute Gasteiger partial charge is 0.495 e. The molecule has 4 N–H and O–H groups in total. The van der Waals surface area contributed by atoms with E-state index >= 15 is 0 Å². The average molecular weight is 568 g/mol. The maximum Gasteiger partial charge on any atom is 0.256 e. The summed E-state index contributed by atoms with van der Waals surface area (Å²) in [6.07, 6.45) is 6.72. The number of hydrogen-bond donors (Lipinski definition) is 4. The van der Waals surface area contributed by atoms with Gasteiger partial charge in [0.25, 0.3) is 11.8 Å². The highest BCUT2D eigenvalue weighted by atomic mass is 19.1. The topological polar surface area (TPSA) is 157 Å². The number of methoxy groups -OCH3 is 2. The van der Waals surface area contributed by atoms with Crippen LogP contribution in [0.25, 0.3) is 33.7 Å². The van der Waals surface area contributed by atoms with Gasteiger partial charge in [-0.25, -0.2) is 4.39 Å². The zero-order chi connectivity index (χ0) is 30.0. The van der Waals surface area contributed by atoms with Gasteiger partial charge in [0.15, 0.2) is 0 Å². The second-order valence-corrected chi connectivity index (χ2v) is 9.41. The summed E-state index contributed by atoms with van der Waals surface area (Å²) in [5, 5.41) is 9.18. The van der Waals surface area contributed by atoms with E-state index in [1.54, 1.807) is 82.1 Å². The predicted octanol–water partition coefficient (Wildman–Crippen LogP) is 6.73. The van der Waals surface area contributed by atoms with E-state index in [4.69, 9.17) is 15.0 Å². The third-order valence-electron chi connectivity index (χ3n) is 6.88. The number of azide groups is 1. The number of aryl methyl sites for hydroxylation is 2. The molecule has 4 heterocycles. The molecule has 0 spiro atoms. The van der Waals surface area contributed by atoms with Gasteiger partial charge in [-0.2, -0.15) is 0 Å². The molecular weight excluding hydrogens is 541 g/mol. The van der Waals surface area contributed by atoms with Crippen LogP contribution in [0.15, 0.2) is 53.9 Å². The molecule has 42 heavy (non-hydrogen) atoms. The number of fused-ring (bicyclic) bond motifs is 2. The molecular formula is C30H26FN7O4. The number of aromatic amines is 2. The lowest BCUT2D eigenvalue weighted by atomic mass is 10.0. The van der Waals surface area contributed by atoms with Gasteiger partial charge >= 0.3 is 0 Å². The number of ether oxygens (including phenoxy) is 2. The molecule has 6 rings (SSSR count). The first-order chi connectivity index (χ1) is 20.3.